The predicted octanol–water partition coefficient (Wildman–Crippen LogP) is 5.02. The molecule has 0 spiro atoms. The first-order valence-electron chi connectivity index (χ1n) is 6.90. The Bertz CT molecular complexity index is 412. The molecule has 1 atom stereocenters. The van der Waals surface area contributed by atoms with Crippen LogP contribution >= 0.6 is 11.6 Å². The van der Waals surface area contributed by atoms with Crippen molar-refractivity contribution >= 4 is 11.6 Å². The molecule has 0 aliphatic carbocycles. The van der Waals surface area contributed by atoms with E-state index in [4.69, 9.17) is 11.6 Å². The quantitative estimate of drug-likeness (QED) is 0.746. The molecule has 0 bridgehead atoms. The molecular formula is C17H26ClN. The lowest BCUT2D eigenvalue weighted by molar-refractivity contribution is 0.411. The van der Waals surface area contributed by atoms with E-state index < -0.39 is 0 Å². The van der Waals surface area contributed by atoms with Gasteiger partial charge in [0.05, 0.1) is 0 Å². The van der Waals surface area contributed by atoms with Crippen molar-refractivity contribution in [2.45, 2.75) is 46.1 Å². The van der Waals surface area contributed by atoms with Gasteiger partial charge in [-0.25, -0.2) is 0 Å². The maximum Gasteiger partial charge on any atom is 0.0406 e. The molecule has 1 rings (SSSR count). The van der Waals surface area contributed by atoms with Crippen molar-refractivity contribution in [1.82, 2.24) is 5.32 Å². The van der Waals surface area contributed by atoms with Crippen molar-refractivity contribution in [3.63, 3.8) is 0 Å². The van der Waals surface area contributed by atoms with Gasteiger partial charge in [-0.15, -0.1) is 0 Å². The second kappa shape index (κ2) is 6.58. The normalized spacial score (nSPS) is 13.6. The van der Waals surface area contributed by atoms with Crippen LogP contribution < -0.4 is 5.32 Å². The average Bonchev–Trinajstić information content (AvgIpc) is 2.29. The summed E-state index contributed by atoms with van der Waals surface area (Å²) in [6, 6.07) is 8.11. The van der Waals surface area contributed by atoms with E-state index >= 15 is 0 Å². The summed E-state index contributed by atoms with van der Waals surface area (Å²) in [7, 11) is 0. The summed E-state index contributed by atoms with van der Waals surface area (Å²) >= 11 is 5.97. The maximum absolute atomic E-state index is 5.97. The topological polar surface area (TPSA) is 12.0 Å². The van der Waals surface area contributed by atoms with Crippen molar-refractivity contribution in [3.8, 4) is 0 Å². The van der Waals surface area contributed by atoms with E-state index in [9.17, 15) is 0 Å². The van der Waals surface area contributed by atoms with E-state index in [0.29, 0.717) is 11.8 Å². The van der Waals surface area contributed by atoms with E-state index in [1.807, 2.05) is 12.1 Å². The van der Waals surface area contributed by atoms with Crippen LogP contribution in [0.1, 0.15) is 46.1 Å². The molecule has 0 aliphatic rings. The lowest BCUT2D eigenvalue weighted by Gasteiger charge is -2.28. The molecule has 0 fully saturated rings. The molecule has 0 aliphatic heterocycles. The van der Waals surface area contributed by atoms with Crippen molar-refractivity contribution in [2.24, 2.45) is 5.92 Å². The van der Waals surface area contributed by atoms with Gasteiger partial charge >= 0.3 is 0 Å². The second-order valence-electron chi connectivity index (χ2n) is 6.46. The number of hydrogen-bond acceptors (Lipinski definition) is 1. The zero-order chi connectivity index (χ0) is 14.6. The highest BCUT2D eigenvalue weighted by Crippen LogP contribution is 2.29. The minimum Gasteiger partial charge on any atom is -0.311 e. The third-order valence-electron chi connectivity index (χ3n) is 3.30. The Morgan fingerprint density at radius 1 is 1.21 bits per heavy atom. The van der Waals surface area contributed by atoms with E-state index in [1.165, 1.54) is 11.1 Å². The number of nitrogens with one attached hydrogen (secondary N) is 1. The van der Waals surface area contributed by atoms with Crippen molar-refractivity contribution in [1.29, 1.82) is 0 Å². The van der Waals surface area contributed by atoms with Gasteiger partial charge in [0.1, 0.15) is 0 Å². The highest BCUT2D eigenvalue weighted by molar-refractivity contribution is 6.30. The largest absolute Gasteiger partial charge is 0.311 e. The minimum absolute atomic E-state index is 0.113. The molecule has 0 radical (unpaired) electrons. The third kappa shape index (κ3) is 5.38. The summed E-state index contributed by atoms with van der Waals surface area (Å²) in [5.74, 6) is 0.805. The second-order valence-corrected chi connectivity index (χ2v) is 6.90. The first-order valence-corrected chi connectivity index (χ1v) is 7.27. The molecular weight excluding hydrogens is 254 g/mol. The Hall–Kier alpha value is -0.790. The molecule has 1 nitrogen and oxygen atoms in total. The molecule has 0 heterocycles. The monoisotopic (exact) mass is 279 g/mol. The zero-order valence-electron chi connectivity index (χ0n) is 12.8. The first-order chi connectivity index (χ1) is 8.70. The summed E-state index contributed by atoms with van der Waals surface area (Å²) < 4.78 is 0. The predicted molar refractivity (Wildman–Crippen MR) is 85.9 cm³/mol. The number of rotatable bonds is 5. The molecule has 106 valence electrons. The SMILES string of the molecule is C=C(C(C)C)[C@H](CNC(C)(C)C)c1ccc(Cl)cc1. The smallest absolute Gasteiger partial charge is 0.0406 e. The van der Waals surface area contributed by atoms with E-state index in [1.54, 1.807) is 0 Å². The van der Waals surface area contributed by atoms with E-state index in [2.05, 4.69) is 58.6 Å². The van der Waals surface area contributed by atoms with Crippen LogP contribution in [-0.2, 0) is 0 Å². The lowest BCUT2D eigenvalue weighted by atomic mass is 9.85. The zero-order valence-corrected chi connectivity index (χ0v) is 13.5. The molecule has 0 aromatic heterocycles. The Labute approximate surface area is 123 Å². The Morgan fingerprint density at radius 2 is 1.74 bits per heavy atom. The van der Waals surface area contributed by atoms with Crippen LogP contribution in [0, 0.1) is 5.92 Å². The fourth-order valence-electron chi connectivity index (χ4n) is 1.97. The number of hydrogen-bond donors (Lipinski definition) is 1. The number of halogens is 1. The Kier molecular flexibility index (Phi) is 5.64. The summed E-state index contributed by atoms with van der Waals surface area (Å²) in [5, 5.41) is 4.36. The molecule has 1 N–H and O–H groups in total. The van der Waals surface area contributed by atoms with Crippen LogP contribution in [0.4, 0.5) is 0 Å². The third-order valence-corrected chi connectivity index (χ3v) is 3.55. The molecule has 19 heavy (non-hydrogen) atoms. The highest BCUT2D eigenvalue weighted by Gasteiger charge is 2.20. The maximum atomic E-state index is 5.97. The minimum atomic E-state index is 0.113. The van der Waals surface area contributed by atoms with Crippen molar-refractivity contribution in [3.05, 3.63) is 47.0 Å². The molecule has 1 aromatic carbocycles. The molecule has 0 saturated carbocycles. The van der Waals surface area contributed by atoms with Gasteiger partial charge < -0.3 is 5.32 Å². The van der Waals surface area contributed by atoms with E-state index in [0.717, 1.165) is 11.6 Å². The summed E-state index contributed by atoms with van der Waals surface area (Å²) in [6.07, 6.45) is 0. The Balaban J connectivity index is 2.92. The Morgan fingerprint density at radius 3 is 2.16 bits per heavy atom. The van der Waals surface area contributed by atoms with Gasteiger partial charge in [-0.1, -0.05) is 49.7 Å². The molecule has 0 unspecified atom stereocenters. The van der Waals surface area contributed by atoms with Gasteiger partial charge in [0.25, 0.3) is 0 Å². The molecule has 1 aromatic rings. The van der Waals surface area contributed by atoms with Crippen LogP contribution in [0.3, 0.4) is 0 Å². The molecule has 2 heteroatoms. The summed E-state index contributed by atoms with van der Waals surface area (Å²) in [6.45, 7) is 16.1. The standard InChI is InChI=1S/C17H26ClN/c1-12(2)13(3)16(11-19-17(4,5)6)14-7-9-15(18)10-8-14/h7-10,12,16,19H,3,11H2,1-2,4-6H3/t16-/m0/s1. The van der Waals surface area contributed by atoms with Crippen LogP contribution in [0.15, 0.2) is 36.4 Å². The molecule has 0 amide bonds. The fourth-order valence-corrected chi connectivity index (χ4v) is 2.09. The average molecular weight is 280 g/mol. The van der Waals surface area contributed by atoms with Gasteiger partial charge in [0, 0.05) is 23.0 Å². The van der Waals surface area contributed by atoms with Crippen molar-refractivity contribution < 1.29 is 0 Å². The van der Waals surface area contributed by atoms with Gasteiger partial charge in [-0.3, -0.25) is 0 Å². The molecule has 0 saturated heterocycles. The van der Waals surface area contributed by atoms with Crippen LogP contribution in [0.25, 0.3) is 0 Å². The van der Waals surface area contributed by atoms with Gasteiger partial charge in [0.15, 0.2) is 0 Å². The number of benzene rings is 1. The van der Waals surface area contributed by atoms with Crippen LogP contribution in [-0.4, -0.2) is 12.1 Å². The van der Waals surface area contributed by atoms with Gasteiger partial charge in [-0.05, 0) is 44.4 Å². The van der Waals surface area contributed by atoms with Gasteiger partial charge in [-0.2, -0.15) is 0 Å². The van der Waals surface area contributed by atoms with Crippen molar-refractivity contribution in [2.75, 3.05) is 6.54 Å². The highest BCUT2D eigenvalue weighted by atomic mass is 35.5. The van der Waals surface area contributed by atoms with Crippen LogP contribution in [0.5, 0.6) is 0 Å². The summed E-state index contributed by atoms with van der Waals surface area (Å²) in [5.41, 5.74) is 2.65. The first kappa shape index (κ1) is 16.3. The van der Waals surface area contributed by atoms with Gasteiger partial charge in [0.2, 0.25) is 0 Å². The fraction of sp³-hybridized carbons (Fsp3) is 0.529. The van der Waals surface area contributed by atoms with E-state index in [-0.39, 0.29) is 5.54 Å². The summed E-state index contributed by atoms with van der Waals surface area (Å²) in [4.78, 5) is 0. The van der Waals surface area contributed by atoms with Crippen LogP contribution in [0.2, 0.25) is 5.02 Å². The lowest BCUT2D eigenvalue weighted by Crippen LogP contribution is -2.39.